The minimum Gasteiger partial charge on any atom is -0.337 e. The van der Waals surface area contributed by atoms with Crippen LogP contribution in [0.25, 0.3) is 0 Å². The Kier molecular flexibility index (Phi) is 6.49. The number of hydrogen-bond donors (Lipinski definition) is 1. The Hall–Kier alpha value is -2.21. The third-order valence-corrected chi connectivity index (χ3v) is 3.61. The number of benzene rings is 1. The van der Waals surface area contributed by atoms with Crippen molar-refractivity contribution in [3.8, 4) is 0 Å². The van der Waals surface area contributed by atoms with Crippen molar-refractivity contribution in [3.63, 3.8) is 0 Å². The second kappa shape index (κ2) is 8.59. The second-order valence-corrected chi connectivity index (χ2v) is 5.72. The molecule has 1 amide bonds. The number of rotatable bonds is 7. The molecule has 7 heteroatoms. The van der Waals surface area contributed by atoms with Gasteiger partial charge < -0.3 is 10.2 Å². The molecule has 2 rings (SSSR count). The zero-order chi connectivity index (χ0) is 17.5. The molecule has 24 heavy (non-hydrogen) atoms. The maximum atomic E-state index is 13.2. The second-order valence-electron chi connectivity index (χ2n) is 5.31. The van der Waals surface area contributed by atoms with E-state index >= 15 is 0 Å². The maximum absolute atomic E-state index is 13.2. The Morgan fingerprint density at radius 2 is 1.96 bits per heavy atom. The highest BCUT2D eigenvalue weighted by Gasteiger charge is 2.16. The molecule has 1 N–H and O–H groups in total. The Bertz CT molecular complexity index is 705. The number of amides is 1. The number of carbonyl (C=O) groups is 1. The standard InChI is InChI=1S/C17H20ClFN4O/c1-3-9-23(10-4-2)16(24)15-7-8-20-17(22-15)21-12-5-6-14(19)13(18)11-12/h5-8,11H,3-4,9-10H2,1-2H3,(H,20,21,22). The molecule has 0 aliphatic rings. The van der Waals surface area contributed by atoms with Crippen molar-refractivity contribution in [2.45, 2.75) is 26.7 Å². The fourth-order valence-corrected chi connectivity index (χ4v) is 2.44. The highest BCUT2D eigenvalue weighted by molar-refractivity contribution is 6.31. The summed E-state index contributed by atoms with van der Waals surface area (Å²) in [5.41, 5.74) is 0.868. The molecule has 0 atom stereocenters. The summed E-state index contributed by atoms with van der Waals surface area (Å²) in [5.74, 6) is -0.361. The van der Waals surface area contributed by atoms with Gasteiger partial charge in [-0.25, -0.2) is 14.4 Å². The van der Waals surface area contributed by atoms with Gasteiger partial charge in [-0.2, -0.15) is 0 Å². The van der Waals surface area contributed by atoms with Gasteiger partial charge in [0.25, 0.3) is 5.91 Å². The van der Waals surface area contributed by atoms with E-state index in [9.17, 15) is 9.18 Å². The molecule has 0 aliphatic heterocycles. The summed E-state index contributed by atoms with van der Waals surface area (Å²) >= 11 is 5.76. The molecular weight excluding hydrogens is 331 g/mol. The van der Waals surface area contributed by atoms with Crippen LogP contribution in [0, 0.1) is 5.82 Å². The molecular formula is C17H20ClFN4O. The first-order valence-corrected chi connectivity index (χ1v) is 8.27. The van der Waals surface area contributed by atoms with Crippen LogP contribution >= 0.6 is 11.6 Å². The van der Waals surface area contributed by atoms with Gasteiger partial charge in [-0.1, -0.05) is 25.4 Å². The number of carbonyl (C=O) groups excluding carboxylic acids is 1. The largest absolute Gasteiger partial charge is 0.337 e. The number of hydrogen-bond acceptors (Lipinski definition) is 4. The molecule has 1 aromatic carbocycles. The van der Waals surface area contributed by atoms with Crippen LogP contribution in [0.2, 0.25) is 5.02 Å². The zero-order valence-corrected chi connectivity index (χ0v) is 14.5. The van der Waals surface area contributed by atoms with Crippen LogP contribution in [-0.4, -0.2) is 33.9 Å². The molecule has 2 aromatic rings. The fourth-order valence-electron chi connectivity index (χ4n) is 2.26. The van der Waals surface area contributed by atoms with Crippen molar-refractivity contribution in [2.75, 3.05) is 18.4 Å². The third kappa shape index (κ3) is 4.64. The van der Waals surface area contributed by atoms with E-state index in [2.05, 4.69) is 15.3 Å². The highest BCUT2D eigenvalue weighted by Crippen LogP contribution is 2.21. The first kappa shape index (κ1) is 18.1. The number of aromatic nitrogens is 2. The van der Waals surface area contributed by atoms with Crippen LogP contribution in [0.1, 0.15) is 37.2 Å². The topological polar surface area (TPSA) is 58.1 Å². The Labute approximate surface area is 145 Å². The van der Waals surface area contributed by atoms with Crippen molar-refractivity contribution >= 4 is 29.1 Å². The van der Waals surface area contributed by atoms with Crippen LogP contribution in [0.3, 0.4) is 0 Å². The van der Waals surface area contributed by atoms with Gasteiger partial charge >= 0.3 is 0 Å². The van der Waals surface area contributed by atoms with Crippen molar-refractivity contribution in [3.05, 3.63) is 47.0 Å². The molecule has 0 spiro atoms. The van der Waals surface area contributed by atoms with Crippen LogP contribution in [0.15, 0.2) is 30.5 Å². The summed E-state index contributed by atoms with van der Waals surface area (Å²) in [6.07, 6.45) is 3.29. The first-order chi connectivity index (χ1) is 11.5. The monoisotopic (exact) mass is 350 g/mol. The molecule has 1 aromatic heterocycles. The normalized spacial score (nSPS) is 10.5. The minimum absolute atomic E-state index is 0.00398. The average molecular weight is 351 g/mol. The van der Waals surface area contributed by atoms with Crippen molar-refractivity contribution in [2.24, 2.45) is 0 Å². The van der Waals surface area contributed by atoms with E-state index in [1.54, 1.807) is 11.0 Å². The van der Waals surface area contributed by atoms with Crippen molar-refractivity contribution in [1.29, 1.82) is 0 Å². The molecule has 0 saturated carbocycles. The molecule has 1 heterocycles. The van der Waals surface area contributed by atoms with Crippen LogP contribution < -0.4 is 5.32 Å². The van der Waals surface area contributed by atoms with Gasteiger partial charge in [0.2, 0.25) is 5.95 Å². The van der Waals surface area contributed by atoms with Crippen LogP contribution in [-0.2, 0) is 0 Å². The third-order valence-electron chi connectivity index (χ3n) is 3.32. The van der Waals surface area contributed by atoms with E-state index < -0.39 is 5.82 Å². The molecule has 0 bridgehead atoms. The van der Waals surface area contributed by atoms with E-state index in [-0.39, 0.29) is 16.9 Å². The van der Waals surface area contributed by atoms with Gasteiger partial charge in [0.05, 0.1) is 5.02 Å². The SMILES string of the molecule is CCCN(CCC)C(=O)c1ccnc(Nc2ccc(F)c(Cl)c2)n1. The quantitative estimate of drug-likeness (QED) is 0.810. The predicted molar refractivity (Wildman–Crippen MR) is 93.2 cm³/mol. The zero-order valence-electron chi connectivity index (χ0n) is 13.7. The lowest BCUT2D eigenvalue weighted by Gasteiger charge is -2.21. The Balaban J connectivity index is 2.18. The predicted octanol–water partition coefficient (Wildman–Crippen LogP) is 4.27. The Morgan fingerprint density at radius 3 is 2.58 bits per heavy atom. The smallest absolute Gasteiger partial charge is 0.272 e. The van der Waals surface area contributed by atoms with Gasteiger partial charge in [0.15, 0.2) is 0 Å². The number of anilines is 2. The molecule has 0 radical (unpaired) electrons. The average Bonchev–Trinajstić information content (AvgIpc) is 2.58. The number of nitrogens with zero attached hydrogens (tertiary/aromatic N) is 3. The summed E-state index contributed by atoms with van der Waals surface area (Å²) < 4.78 is 13.2. The van der Waals surface area contributed by atoms with Crippen molar-refractivity contribution in [1.82, 2.24) is 14.9 Å². The molecule has 0 fully saturated rings. The minimum atomic E-state index is -0.498. The van der Waals surface area contributed by atoms with Gasteiger partial charge in [-0.05, 0) is 37.1 Å². The lowest BCUT2D eigenvalue weighted by molar-refractivity contribution is 0.0749. The maximum Gasteiger partial charge on any atom is 0.272 e. The first-order valence-electron chi connectivity index (χ1n) is 7.89. The van der Waals surface area contributed by atoms with Gasteiger partial charge in [-0.3, -0.25) is 4.79 Å². The van der Waals surface area contributed by atoms with Crippen LogP contribution in [0.5, 0.6) is 0 Å². The number of halogens is 2. The summed E-state index contributed by atoms with van der Waals surface area (Å²) in [5, 5.41) is 2.93. The van der Waals surface area contributed by atoms with Gasteiger partial charge in [0, 0.05) is 25.0 Å². The van der Waals surface area contributed by atoms with Crippen molar-refractivity contribution < 1.29 is 9.18 Å². The summed E-state index contributed by atoms with van der Waals surface area (Å²) in [6.45, 7) is 5.43. The van der Waals surface area contributed by atoms with E-state index in [0.29, 0.717) is 24.5 Å². The van der Waals surface area contributed by atoms with Gasteiger partial charge in [0.1, 0.15) is 11.5 Å². The number of nitrogens with one attached hydrogen (secondary N) is 1. The lowest BCUT2D eigenvalue weighted by Crippen LogP contribution is -2.33. The Morgan fingerprint density at radius 1 is 1.25 bits per heavy atom. The molecule has 0 saturated heterocycles. The van der Waals surface area contributed by atoms with Crippen LogP contribution in [0.4, 0.5) is 16.0 Å². The summed E-state index contributed by atoms with van der Waals surface area (Å²) in [4.78, 5) is 22.7. The highest BCUT2D eigenvalue weighted by atomic mass is 35.5. The lowest BCUT2D eigenvalue weighted by atomic mass is 10.3. The van der Waals surface area contributed by atoms with E-state index in [4.69, 9.17) is 11.6 Å². The van der Waals surface area contributed by atoms with Gasteiger partial charge in [-0.15, -0.1) is 0 Å². The molecule has 0 unspecified atom stereocenters. The van der Waals surface area contributed by atoms with E-state index in [1.807, 2.05) is 13.8 Å². The molecule has 128 valence electrons. The van der Waals surface area contributed by atoms with E-state index in [1.165, 1.54) is 24.4 Å². The molecule has 0 aliphatic carbocycles. The molecule has 5 nitrogen and oxygen atoms in total. The summed E-state index contributed by atoms with van der Waals surface area (Å²) in [7, 11) is 0. The fraction of sp³-hybridized carbons (Fsp3) is 0.353. The van der Waals surface area contributed by atoms with E-state index in [0.717, 1.165) is 12.8 Å². The summed E-state index contributed by atoms with van der Waals surface area (Å²) in [6, 6.07) is 5.81.